The van der Waals surface area contributed by atoms with Gasteiger partial charge < -0.3 is 0 Å². The summed E-state index contributed by atoms with van der Waals surface area (Å²) in [7, 11) is 0. The summed E-state index contributed by atoms with van der Waals surface area (Å²) in [4.78, 5) is 11.4. The lowest BCUT2D eigenvalue weighted by molar-refractivity contribution is -0.127. The van der Waals surface area contributed by atoms with Crippen molar-refractivity contribution < 1.29 is 4.79 Å². The highest BCUT2D eigenvalue weighted by Crippen LogP contribution is 2.40. The van der Waals surface area contributed by atoms with Crippen molar-refractivity contribution in [1.82, 2.24) is 0 Å². The number of hydrogen-bond acceptors (Lipinski definition) is 1. The molecular weight excluding hydrogens is 196 g/mol. The van der Waals surface area contributed by atoms with Crippen LogP contribution in [0.3, 0.4) is 0 Å². The first kappa shape index (κ1) is 14.0. The van der Waals surface area contributed by atoms with E-state index in [2.05, 4.69) is 20.8 Å². The van der Waals surface area contributed by atoms with Crippen molar-refractivity contribution in [3.8, 4) is 0 Å². The molecule has 0 heterocycles. The molecule has 0 N–H and O–H groups in total. The maximum absolute atomic E-state index is 11.8. The first-order valence-electron chi connectivity index (χ1n) is 5.10. The fourth-order valence-electron chi connectivity index (χ4n) is 0.832. The Balaban J connectivity index is 4.62. The first-order chi connectivity index (χ1) is 5.88. The average molecular weight is 219 g/mol. The van der Waals surface area contributed by atoms with E-state index in [4.69, 9.17) is 11.6 Å². The molecule has 0 aromatic rings. The van der Waals surface area contributed by atoms with Crippen molar-refractivity contribution in [3.05, 3.63) is 0 Å². The molecular formula is C12H23ClO. The highest BCUT2D eigenvalue weighted by atomic mass is 35.5. The van der Waals surface area contributed by atoms with Crippen LogP contribution in [0, 0.1) is 10.8 Å². The quantitative estimate of drug-likeness (QED) is 0.640. The summed E-state index contributed by atoms with van der Waals surface area (Å²) < 4.78 is 0. The van der Waals surface area contributed by atoms with Crippen molar-refractivity contribution in [2.75, 3.05) is 0 Å². The maximum atomic E-state index is 11.8. The monoisotopic (exact) mass is 218 g/mol. The lowest BCUT2D eigenvalue weighted by atomic mass is 9.75. The standard InChI is InChI=1S/C12H23ClO/c1-10(2,3)9(14)8-12(7,13)11(4,5)6/h8H2,1-7H3. The van der Waals surface area contributed by atoms with Crippen molar-refractivity contribution in [3.63, 3.8) is 0 Å². The van der Waals surface area contributed by atoms with E-state index in [0.29, 0.717) is 6.42 Å². The molecule has 0 aromatic heterocycles. The van der Waals surface area contributed by atoms with Gasteiger partial charge in [0.2, 0.25) is 0 Å². The topological polar surface area (TPSA) is 17.1 Å². The zero-order valence-corrected chi connectivity index (χ0v) is 11.2. The molecule has 0 aliphatic rings. The maximum Gasteiger partial charge on any atom is 0.139 e. The van der Waals surface area contributed by atoms with E-state index in [0.717, 1.165) is 0 Å². The molecule has 0 saturated heterocycles. The number of carbonyl (C=O) groups excluding carboxylic acids is 1. The van der Waals surface area contributed by atoms with Gasteiger partial charge in [0, 0.05) is 11.8 Å². The SMILES string of the molecule is CC(C)(C)C(=O)CC(C)(Cl)C(C)(C)C. The molecule has 0 amide bonds. The van der Waals surface area contributed by atoms with Crippen LogP contribution in [0.25, 0.3) is 0 Å². The van der Waals surface area contributed by atoms with E-state index in [1.54, 1.807) is 0 Å². The van der Waals surface area contributed by atoms with Crippen LogP contribution in [0.5, 0.6) is 0 Å². The van der Waals surface area contributed by atoms with Crippen LogP contribution in [0.1, 0.15) is 54.9 Å². The Bertz CT molecular complexity index is 215. The summed E-state index contributed by atoms with van der Waals surface area (Å²) in [5.74, 6) is 0.227. The second kappa shape index (κ2) is 3.84. The van der Waals surface area contributed by atoms with Crippen LogP contribution in [0.4, 0.5) is 0 Å². The lowest BCUT2D eigenvalue weighted by Gasteiger charge is -2.37. The van der Waals surface area contributed by atoms with E-state index in [1.165, 1.54) is 0 Å². The van der Waals surface area contributed by atoms with Crippen LogP contribution >= 0.6 is 11.6 Å². The van der Waals surface area contributed by atoms with E-state index >= 15 is 0 Å². The molecule has 0 spiro atoms. The number of hydrogen-bond donors (Lipinski definition) is 0. The summed E-state index contributed by atoms with van der Waals surface area (Å²) >= 11 is 6.39. The van der Waals surface area contributed by atoms with Gasteiger partial charge in [0.25, 0.3) is 0 Å². The molecule has 0 fully saturated rings. The molecule has 84 valence electrons. The predicted molar refractivity (Wildman–Crippen MR) is 62.8 cm³/mol. The van der Waals surface area contributed by atoms with Crippen LogP contribution in [0.15, 0.2) is 0 Å². The van der Waals surface area contributed by atoms with Crippen LogP contribution in [-0.4, -0.2) is 10.7 Å². The molecule has 0 aromatic carbocycles. The van der Waals surface area contributed by atoms with Crippen LogP contribution in [0.2, 0.25) is 0 Å². The van der Waals surface area contributed by atoms with Crippen molar-refractivity contribution in [1.29, 1.82) is 0 Å². The van der Waals surface area contributed by atoms with Gasteiger partial charge in [-0.1, -0.05) is 41.5 Å². The molecule has 0 bridgehead atoms. The highest BCUT2D eigenvalue weighted by molar-refractivity contribution is 6.25. The second-order valence-electron chi connectivity index (χ2n) is 6.30. The van der Waals surface area contributed by atoms with Crippen LogP contribution in [-0.2, 0) is 4.79 Å². The number of Topliss-reactive ketones (excluding diaryl/α,β-unsaturated/α-hetero) is 1. The Morgan fingerprint density at radius 3 is 1.57 bits per heavy atom. The Morgan fingerprint density at radius 1 is 1.00 bits per heavy atom. The largest absolute Gasteiger partial charge is 0.299 e. The van der Waals surface area contributed by atoms with Gasteiger partial charge >= 0.3 is 0 Å². The smallest absolute Gasteiger partial charge is 0.139 e. The third-order valence-electron chi connectivity index (χ3n) is 2.89. The molecule has 1 unspecified atom stereocenters. The van der Waals surface area contributed by atoms with Gasteiger partial charge in [-0.2, -0.15) is 0 Å². The Kier molecular flexibility index (Phi) is 3.83. The van der Waals surface area contributed by atoms with Gasteiger partial charge in [-0.05, 0) is 12.3 Å². The van der Waals surface area contributed by atoms with Gasteiger partial charge in [-0.15, -0.1) is 11.6 Å². The van der Waals surface area contributed by atoms with Gasteiger partial charge in [-0.25, -0.2) is 0 Å². The van der Waals surface area contributed by atoms with E-state index in [9.17, 15) is 4.79 Å². The molecule has 0 saturated carbocycles. The molecule has 0 radical (unpaired) electrons. The molecule has 14 heavy (non-hydrogen) atoms. The zero-order chi connectivity index (χ0) is 11.8. The average Bonchev–Trinajstić information content (AvgIpc) is 1.80. The minimum Gasteiger partial charge on any atom is -0.299 e. The molecule has 1 nitrogen and oxygen atoms in total. The van der Waals surface area contributed by atoms with Crippen LogP contribution < -0.4 is 0 Å². The predicted octanol–water partition coefficient (Wildman–Crippen LogP) is 4.04. The van der Waals surface area contributed by atoms with Gasteiger partial charge in [0.15, 0.2) is 0 Å². The van der Waals surface area contributed by atoms with E-state index in [-0.39, 0.29) is 16.6 Å². The first-order valence-corrected chi connectivity index (χ1v) is 5.48. The summed E-state index contributed by atoms with van der Waals surface area (Å²) in [6.07, 6.45) is 0.432. The fourth-order valence-corrected chi connectivity index (χ4v) is 0.953. The van der Waals surface area contributed by atoms with Gasteiger partial charge in [0.05, 0.1) is 4.87 Å². The third-order valence-corrected chi connectivity index (χ3v) is 3.59. The lowest BCUT2D eigenvalue weighted by Crippen LogP contribution is -2.39. The molecule has 0 aliphatic heterocycles. The Morgan fingerprint density at radius 2 is 1.36 bits per heavy atom. The normalized spacial score (nSPS) is 17.7. The highest BCUT2D eigenvalue weighted by Gasteiger charge is 2.39. The van der Waals surface area contributed by atoms with Crippen molar-refractivity contribution in [2.24, 2.45) is 10.8 Å². The Hall–Kier alpha value is -0.0400. The summed E-state index contributed by atoms with van der Waals surface area (Å²) in [6, 6.07) is 0. The minimum atomic E-state index is -0.461. The number of rotatable bonds is 2. The summed E-state index contributed by atoms with van der Waals surface area (Å²) in [5.41, 5.74) is -0.350. The Labute approximate surface area is 93.2 Å². The third kappa shape index (κ3) is 3.61. The van der Waals surface area contributed by atoms with E-state index in [1.807, 2.05) is 27.7 Å². The summed E-state index contributed by atoms with van der Waals surface area (Å²) in [6.45, 7) is 13.9. The van der Waals surface area contributed by atoms with Crippen molar-refractivity contribution in [2.45, 2.75) is 59.8 Å². The van der Waals surface area contributed by atoms with E-state index < -0.39 is 4.87 Å². The molecule has 0 rings (SSSR count). The summed E-state index contributed by atoms with van der Waals surface area (Å²) in [5, 5.41) is 0. The molecule has 2 heteroatoms. The minimum absolute atomic E-state index is 0.0601. The molecule has 0 aliphatic carbocycles. The molecule has 1 atom stereocenters. The van der Waals surface area contributed by atoms with Gasteiger partial charge in [0.1, 0.15) is 5.78 Å². The number of ketones is 1. The number of alkyl halides is 1. The zero-order valence-electron chi connectivity index (χ0n) is 10.5. The number of halogens is 1. The van der Waals surface area contributed by atoms with Crippen molar-refractivity contribution >= 4 is 17.4 Å². The fraction of sp³-hybridized carbons (Fsp3) is 0.917. The second-order valence-corrected chi connectivity index (χ2v) is 7.13. The van der Waals surface area contributed by atoms with Gasteiger partial charge in [-0.3, -0.25) is 4.79 Å². The number of carbonyl (C=O) groups is 1.